The molecule has 4 aromatic rings. The van der Waals surface area contributed by atoms with Gasteiger partial charge >= 0.3 is 6.18 Å². The van der Waals surface area contributed by atoms with Gasteiger partial charge in [-0.2, -0.15) is 23.3 Å². The van der Waals surface area contributed by atoms with E-state index < -0.39 is 11.7 Å². The van der Waals surface area contributed by atoms with Gasteiger partial charge in [-0.15, -0.1) is 0 Å². The molecule has 0 amide bonds. The average molecular weight is 431 g/mol. The van der Waals surface area contributed by atoms with Crippen molar-refractivity contribution >= 4 is 17.1 Å². The highest BCUT2D eigenvalue weighted by molar-refractivity contribution is 5.75. The third kappa shape index (κ3) is 4.16. The summed E-state index contributed by atoms with van der Waals surface area (Å²) in [6.07, 6.45) is -0.367. The number of benzene rings is 1. The predicted molar refractivity (Wildman–Crippen MR) is 109 cm³/mol. The Morgan fingerprint density at radius 2 is 2.03 bits per heavy atom. The van der Waals surface area contributed by atoms with Crippen LogP contribution in [0, 0.1) is 0 Å². The van der Waals surface area contributed by atoms with Gasteiger partial charge in [-0.1, -0.05) is 19.1 Å². The van der Waals surface area contributed by atoms with Crippen molar-refractivity contribution in [1.29, 1.82) is 0 Å². The molecule has 0 saturated carbocycles. The smallest absolute Gasteiger partial charge is 0.351 e. The van der Waals surface area contributed by atoms with Crippen LogP contribution in [-0.4, -0.2) is 29.3 Å². The molecule has 162 valence electrons. The number of anilines is 1. The molecule has 3 heterocycles. The van der Waals surface area contributed by atoms with Gasteiger partial charge in [0.25, 0.3) is 5.56 Å². The first-order valence-electron chi connectivity index (χ1n) is 9.66. The Kier molecular flexibility index (Phi) is 5.25. The SMILES string of the molecule is CCCn1c(NCc2cccc(C(F)(F)F)c2)nc2nc(-c3cnn(C)c3)[nH]c2c1=O. The molecule has 31 heavy (non-hydrogen) atoms. The highest BCUT2D eigenvalue weighted by Crippen LogP contribution is 2.29. The largest absolute Gasteiger partial charge is 0.416 e. The van der Waals surface area contributed by atoms with Crippen LogP contribution >= 0.6 is 0 Å². The van der Waals surface area contributed by atoms with E-state index in [1.807, 2.05) is 6.92 Å². The number of imidazole rings is 1. The maximum Gasteiger partial charge on any atom is 0.416 e. The molecule has 0 spiro atoms. The van der Waals surface area contributed by atoms with Gasteiger partial charge in [-0.3, -0.25) is 14.0 Å². The molecule has 0 radical (unpaired) electrons. The fourth-order valence-electron chi connectivity index (χ4n) is 3.27. The topological polar surface area (TPSA) is 93.4 Å². The third-order valence-corrected chi connectivity index (χ3v) is 4.74. The fourth-order valence-corrected chi connectivity index (χ4v) is 3.27. The molecule has 0 bridgehead atoms. The van der Waals surface area contributed by atoms with Crippen molar-refractivity contribution in [1.82, 2.24) is 29.3 Å². The van der Waals surface area contributed by atoms with Crippen LogP contribution in [0.3, 0.4) is 0 Å². The summed E-state index contributed by atoms with van der Waals surface area (Å²) in [4.78, 5) is 24.9. The van der Waals surface area contributed by atoms with Gasteiger partial charge in [0.1, 0.15) is 5.82 Å². The lowest BCUT2D eigenvalue weighted by atomic mass is 10.1. The molecule has 0 aliphatic carbocycles. The van der Waals surface area contributed by atoms with Crippen LogP contribution in [0.1, 0.15) is 24.5 Å². The molecule has 8 nitrogen and oxygen atoms in total. The number of fused-ring (bicyclic) bond motifs is 1. The summed E-state index contributed by atoms with van der Waals surface area (Å²) >= 11 is 0. The summed E-state index contributed by atoms with van der Waals surface area (Å²) in [6.45, 7) is 2.39. The third-order valence-electron chi connectivity index (χ3n) is 4.74. The normalized spacial score (nSPS) is 11.9. The Morgan fingerprint density at radius 3 is 2.71 bits per heavy atom. The number of hydrogen-bond donors (Lipinski definition) is 2. The molecule has 3 aromatic heterocycles. The number of H-pyrrole nitrogens is 1. The molecule has 0 aliphatic heterocycles. The minimum absolute atomic E-state index is 0.0749. The van der Waals surface area contributed by atoms with E-state index in [9.17, 15) is 18.0 Å². The lowest BCUT2D eigenvalue weighted by Gasteiger charge is -2.13. The van der Waals surface area contributed by atoms with Crippen molar-refractivity contribution in [3.63, 3.8) is 0 Å². The van der Waals surface area contributed by atoms with E-state index in [4.69, 9.17) is 0 Å². The van der Waals surface area contributed by atoms with Crippen LogP contribution in [0.2, 0.25) is 0 Å². The van der Waals surface area contributed by atoms with Crippen LogP contribution in [0.15, 0.2) is 41.5 Å². The van der Waals surface area contributed by atoms with Gasteiger partial charge in [0.15, 0.2) is 11.2 Å². The number of rotatable bonds is 6. The van der Waals surface area contributed by atoms with E-state index >= 15 is 0 Å². The minimum Gasteiger partial charge on any atom is -0.351 e. The summed E-state index contributed by atoms with van der Waals surface area (Å²) in [5, 5.41) is 7.09. The van der Waals surface area contributed by atoms with E-state index in [2.05, 4.69) is 25.4 Å². The molecule has 0 unspecified atom stereocenters. The van der Waals surface area contributed by atoms with Gasteiger partial charge in [0.2, 0.25) is 5.95 Å². The van der Waals surface area contributed by atoms with E-state index in [1.165, 1.54) is 10.6 Å². The highest BCUT2D eigenvalue weighted by Gasteiger charge is 2.30. The Hall–Kier alpha value is -3.63. The Labute approximate surface area is 174 Å². The van der Waals surface area contributed by atoms with Gasteiger partial charge in [-0.05, 0) is 24.1 Å². The molecule has 2 N–H and O–H groups in total. The molecule has 0 saturated heterocycles. The predicted octanol–water partition coefficient (Wildman–Crippen LogP) is 3.56. The molecule has 0 atom stereocenters. The summed E-state index contributed by atoms with van der Waals surface area (Å²) < 4.78 is 42.0. The Bertz CT molecular complexity index is 1290. The van der Waals surface area contributed by atoms with Crippen molar-refractivity contribution in [2.45, 2.75) is 32.6 Å². The molecular weight excluding hydrogens is 411 g/mol. The zero-order chi connectivity index (χ0) is 22.2. The molecule has 0 fully saturated rings. The Morgan fingerprint density at radius 1 is 1.23 bits per heavy atom. The Balaban J connectivity index is 1.69. The molecule has 1 aromatic carbocycles. The number of nitrogens with one attached hydrogen (secondary N) is 2. The number of aryl methyl sites for hydroxylation is 1. The van der Waals surface area contributed by atoms with Gasteiger partial charge in [0.05, 0.1) is 17.3 Å². The average Bonchev–Trinajstić information content (AvgIpc) is 3.35. The number of aromatic amines is 1. The van der Waals surface area contributed by atoms with Gasteiger partial charge < -0.3 is 10.3 Å². The molecule has 0 aliphatic rings. The second kappa shape index (κ2) is 7.89. The fraction of sp³-hybridized carbons (Fsp3) is 0.300. The summed E-state index contributed by atoms with van der Waals surface area (Å²) in [7, 11) is 1.77. The van der Waals surface area contributed by atoms with Gasteiger partial charge in [-0.25, -0.2) is 4.98 Å². The summed E-state index contributed by atoms with van der Waals surface area (Å²) in [5.41, 5.74) is 0.584. The quantitative estimate of drug-likeness (QED) is 0.487. The maximum absolute atomic E-state index is 13.0. The minimum atomic E-state index is -4.42. The monoisotopic (exact) mass is 431 g/mol. The molecular formula is C20H20F3N7O. The molecule has 4 rings (SSSR count). The summed E-state index contributed by atoms with van der Waals surface area (Å²) in [5.74, 6) is 0.715. The first-order chi connectivity index (χ1) is 14.8. The van der Waals surface area contributed by atoms with E-state index in [0.717, 1.165) is 12.1 Å². The van der Waals surface area contributed by atoms with E-state index in [1.54, 1.807) is 30.2 Å². The van der Waals surface area contributed by atoms with Crippen LogP contribution in [0.4, 0.5) is 19.1 Å². The second-order valence-corrected chi connectivity index (χ2v) is 7.13. The van der Waals surface area contributed by atoms with E-state index in [0.29, 0.717) is 29.9 Å². The van der Waals surface area contributed by atoms with Crippen LogP contribution in [0.25, 0.3) is 22.6 Å². The standard InChI is InChI=1S/C20H20F3N7O/c1-3-7-30-18(31)15-17(27-16(26-15)13-10-25-29(2)11-13)28-19(30)24-9-12-5-4-6-14(8-12)20(21,22)23/h4-6,8,10-11H,3,7,9H2,1-2H3,(H,24,28)(H,26,27). The first kappa shape index (κ1) is 20.6. The highest BCUT2D eigenvalue weighted by atomic mass is 19.4. The number of hydrogen-bond acceptors (Lipinski definition) is 5. The van der Waals surface area contributed by atoms with Crippen molar-refractivity contribution in [3.8, 4) is 11.4 Å². The summed E-state index contributed by atoms with van der Waals surface area (Å²) in [6, 6.07) is 5.02. The maximum atomic E-state index is 13.0. The number of alkyl halides is 3. The number of halogens is 3. The molecule has 11 heteroatoms. The first-order valence-corrected chi connectivity index (χ1v) is 9.66. The van der Waals surface area contributed by atoms with Crippen molar-refractivity contribution in [3.05, 3.63) is 58.1 Å². The van der Waals surface area contributed by atoms with Crippen LogP contribution in [-0.2, 0) is 26.3 Å². The van der Waals surface area contributed by atoms with Crippen molar-refractivity contribution in [2.75, 3.05) is 5.32 Å². The van der Waals surface area contributed by atoms with Gasteiger partial charge in [0, 0.05) is 26.3 Å². The van der Waals surface area contributed by atoms with Crippen molar-refractivity contribution < 1.29 is 13.2 Å². The zero-order valence-corrected chi connectivity index (χ0v) is 16.9. The number of aromatic nitrogens is 6. The van der Waals surface area contributed by atoms with Crippen LogP contribution < -0.4 is 10.9 Å². The lowest BCUT2D eigenvalue weighted by molar-refractivity contribution is -0.137. The zero-order valence-electron chi connectivity index (χ0n) is 16.9. The second-order valence-electron chi connectivity index (χ2n) is 7.13. The number of nitrogens with zero attached hydrogens (tertiary/aromatic N) is 5. The van der Waals surface area contributed by atoms with Crippen LogP contribution in [0.5, 0.6) is 0 Å². The lowest BCUT2D eigenvalue weighted by Crippen LogP contribution is -2.25. The van der Waals surface area contributed by atoms with E-state index in [-0.39, 0.29) is 29.2 Å². The van der Waals surface area contributed by atoms with Crippen molar-refractivity contribution in [2.24, 2.45) is 7.05 Å².